The monoisotopic (exact) mass is 400 g/mol. The van der Waals surface area contributed by atoms with Gasteiger partial charge in [-0.3, -0.25) is 4.79 Å². The minimum Gasteiger partial charge on any atom is -0.384 e. The molecule has 1 aliphatic heterocycles. The number of benzene rings is 3. The molecular formula is C25H21ClN2O. The highest BCUT2D eigenvalue weighted by Crippen LogP contribution is 2.30. The zero-order valence-electron chi connectivity index (χ0n) is 15.9. The summed E-state index contributed by atoms with van der Waals surface area (Å²) >= 11 is 5.98. The summed E-state index contributed by atoms with van der Waals surface area (Å²) in [5.41, 5.74) is 5.56. The predicted octanol–water partition coefficient (Wildman–Crippen LogP) is 6.10. The lowest BCUT2D eigenvalue weighted by Crippen LogP contribution is -2.15. The van der Waals surface area contributed by atoms with Crippen molar-refractivity contribution in [1.29, 1.82) is 0 Å². The second-order valence-corrected chi connectivity index (χ2v) is 7.24. The molecular weight excluding hydrogens is 380 g/mol. The standard InChI is InChI=1S/C25H21ClN2O/c26-21-15-12-18(13-16-21)11-14-19-8-4-9-23(24(19)22-10-5-17-27-22)28-25(29)20-6-2-1-3-7-20/h1-4,6-16,27H,5,17H2,(H,28,29)/b14-11+. The van der Waals surface area contributed by atoms with Crippen LogP contribution in [0.4, 0.5) is 5.69 Å². The zero-order chi connectivity index (χ0) is 20.1. The lowest BCUT2D eigenvalue weighted by Gasteiger charge is -2.16. The molecule has 1 aliphatic rings. The van der Waals surface area contributed by atoms with Crippen LogP contribution in [0.1, 0.15) is 33.5 Å². The van der Waals surface area contributed by atoms with E-state index in [2.05, 4.69) is 28.9 Å². The van der Waals surface area contributed by atoms with E-state index in [1.54, 1.807) is 0 Å². The number of halogens is 1. The predicted molar refractivity (Wildman–Crippen MR) is 122 cm³/mol. The molecule has 144 valence electrons. The minimum atomic E-state index is -0.121. The second-order valence-electron chi connectivity index (χ2n) is 6.81. The Morgan fingerprint density at radius 1 is 0.931 bits per heavy atom. The van der Waals surface area contributed by atoms with E-state index in [1.165, 1.54) is 0 Å². The first-order valence-corrected chi connectivity index (χ1v) is 9.96. The molecule has 3 aromatic rings. The van der Waals surface area contributed by atoms with Gasteiger partial charge in [0, 0.05) is 28.4 Å². The van der Waals surface area contributed by atoms with Crippen LogP contribution in [0, 0.1) is 0 Å². The highest BCUT2D eigenvalue weighted by molar-refractivity contribution is 6.30. The van der Waals surface area contributed by atoms with Crippen LogP contribution in [0.2, 0.25) is 5.02 Å². The fourth-order valence-corrected chi connectivity index (χ4v) is 3.47. The van der Waals surface area contributed by atoms with Gasteiger partial charge in [0.2, 0.25) is 0 Å². The maximum absolute atomic E-state index is 12.7. The third-order valence-corrected chi connectivity index (χ3v) is 5.04. The van der Waals surface area contributed by atoms with Gasteiger partial charge in [0.25, 0.3) is 5.91 Å². The third kappa shape index (κ3) is 4.58. The SMILES string of the molecule is O=C(Nc1cccc(/C=C/c2ccc(Cl)cc2)c1C1=CCCN1)c1ccccc1. The van der Waals surface area contributed by atoms with E-state index in [1.807, 2.05) is 72.8 Å². The zero-order valence-corrected chi connectivity index (χ0v) is 16.6. The molecule has 1 amide bonds. The quantitative estimate of drug-likeness (QED) is 0.508. The Morgan fingerprint density at radius 3 is 2.45 bits per heavy atom. The molecule has 1 heterocycles. The summed E-state index contributed by atoms with van der Waals surface area (Å²) in [6, 6.07) is 22.9. The van der Waals surface area contributed by atoms with E-state index < -0.39 is 0 Å². The maximum Gasteiger partial charge on any atom is 0.255 e. The van der Waals surface area contributed by atoms with Crippen LogP contribution >= 0.6 is 11.6 Å². The number of hydrogen-bond donors (Lipinski definition) is 2. The molecule has 0 aliphatic carbocycles. The van der Waals surface area contributed by atoms with Crippen LogP contribution in [0.25, 0.3) is 17.8 Å². The van der Waals surface area contributed by atoms with Crippen LogP contribution in [0.15, 0.2) is 78.9 Å². The van der Waals surface area contributed by atoms with Crippen molar-refractivity contribution in [3.05, 3.63) is 106 Å². The average Bonchev–Trinajstić information content (AvgIpc) is 3.28. The maximum atomic E-state index is 12.7. The van der Waals surface area contributed by atoms with Crippen molar-refractivity contribution in [2.75, 3.05) is 11.9 Å². The number of nitrogens with one attached hydrogen (secondary N) is 2. The summed E-state index contributed by atoms with van der Waals surface area (Å²) in [6.07, 6.45) is 7.26. The van der Waals surface area contributed by atoms with E-state index in [9.17, 15) is 4.79 Å². The van der Waals surface area contributed by atoms with E-state index in [0.717, 1.165) is 41.0 Å². The Labute approximate surface area is 175 Å². The Bertz CT molecular complexity index is 1070. The van der Waals surface area contributed by atoms with Crippen molar-refractivity contribution in [2.45, 2.75) is 6.42 Å². The number of hydrogen-bond acceptors (Lipinski definition) is 2. The molecule has 2 N–H and O–H groups in total. The molecule has 4 rings (SSSR count). The van der Waals surface area contributed by atoms with Gasteiger partial charge in [-0.15, -0.1) is 0 Å². The average molecular weight is 401 g/mol. The summed E-state index contributed by atoms with van der Waals surface area (Å²) in [5.74, 6) is -0.121. The molecule has 0 radical (unpaired) electrons. The first kappa shape index (κ1) is 19.0. The van der Waals surface area contributed by atoms with Gasteiger partial charge in [-0.05, 0) is 47.9 Å². The molecule has 3 nitrogen and oxygen atoms in total. The van der Waals surface area contributed by atoms with Crippen molar-refractivity contribution in [1.82, 2.24) is 5.32 Å². The van der Waals surface area contributed by atoms with E-state index in [0.29, 0.717) is 10.6 Å². The molecule has 3 aromatic carbocycles. The Morgan fingerprint density at radius 2 is 1.72 bits per heavy atom. The first-order chi connectivity index (χ1) is 14.2. The molecule has 0 unspecified atom stereocenters. The molecule has 0 atom stereocenters. The van der Waals surface area contributed by atoms with Gasteiger partial charge in [-0.25, -0.2) is 0 Å². The van der Waals surface area contributed by atoms with Crippen molar-refractivity contribution in [3.8, 4) is 0 Å². The summed E-state index contributed by atoms with van der Waals surface area (Å²) < 4.78 is 0. The van der Waals surface area contributed by atoms with Gasteiger partial charge in [-0.1, -0.05) is 72.3 Å². The highest BCUT2D eigenvalue weighted by atomic mass is 35.5. The second kappa shape index (κ2) is 8.80. The fraction of sp³-hybridized carbons (Fsp3) is 0.0800. The largest absolute Gasteiger partial charge is 0.384 e. The van der Waals surface area contributed by atoms with E-state index in [-0.39, 0.29) is 5.91 Å². The van der Waals surface area contributed by atoms with E-state index >= 15 is 0 Å². The molecule has 0 aromatic heterocycles. The van der Waals surface area contributed by atoms with Crippen LogP contribution in [0.3, 0.4) is 0 Å². The van der Waals surface area contributed by atoms with Crippen LogP contribution in [0.5, 0.6) is 0 Å². The van der Waals surface area contributed by atoms with E-state index in [4.69, 9.17) is 11.6 Å². The van der Waals surface area contributed by atoms with Gasteiger partial charge in [0.1, 0.15) is 0 Å². The fourth-order valence-electron chi connectivity index (χ4n) is 3.34. The molecule has 4 heteroatoms. The highest BCUT2D eigenvalue weighted by Gasteiger charge is 2.16. The minimum absolute atomic E-state index is 0.121. The van der Waals surface area contributed by atoms with Crippen molar-refractivity contribution >= 4 is 41.0 Å². The van der Waals surface area contributed by atoms with Crippen LogP contribution < -0.4 is 10.6 Å². The van der Waals surface area contributed by atoms with Gasteiger partial charge in [-0.2, -0.15) is 0 Å². The number of rotatable bonds is 5. The van der Waals surface area contributed by atoms with Crippen LogP contribution in [-0.2, 0) is 0 Å². The Balaban J connectivity index is 1.69. The summed E-state index contributed by atoms with van der Waals surface area (Å²) in [6.45, 7) is 0.899. The first-order valence-electron chi connectivity index (χ1n) is 9.58. The number of anilines is 1. The topological polar surface area (TPSA) is 41.1 Å². The molecule has 0 bridgehead atoms. The molecule has 0 saturated carbocycles. The van der Waals surface area contributed by atoms with Gasteiger partial charge < -0.3 is 10.6 Å². The Kier molecular flexibility index (Phi) is 5.78. The summed E-state index contributed by atoms with van der Waals surface area (Å²) in [5, 5.41) is 7.23. The van der Waals surface area contributed by atoms with Crippen molar-refractivity contribution < 1.29 is 4.79 Å². The lowest BCUT2D eigenvalue weighted by molar-refractivity contribution is 0.102. The number of carbonyl (C=O) groups is 1. The molecule has 0 fully saturated rings. The lowest BCUT2D eigenvalue weighted by atomic mass is 10.0. The smallest absolute Gasteiger partial charge is 0.255 e. The molecule has 0 saturated heterocycles. The molecule has 29 heavy (non-hydrogen) atoms. The van der Waals surface area contributed by atoms with Crippen LogP contribution in [-0.4, -0.2) is 12.5 Å². The normalized spacial score (nSPS) is 13.2. The number of carbonyl (C=O) groups excluding carboxylic acids is 1. The van der Waals surface area contributed by atoms with Gasteiger partial charge in [0.15, 0.2) is 0 Å². The van der Waals surface area contributed by atoms with Crippen molar-refractivity contribution in [2.24, 2.45) is 0 Å². The van der Waals surface area contributed by atoms with Gasteiger partial charge >= 0.3 is 0 Å². The third-order valence-electron chi connectivity index (χ3n) is 4.78. The Hall–Kier alpha value is -3.30. The van der Waals surface area contributed by atoms with Gasteiger partial charge in [0.05, 0.1) is 5.69 Å². The summed E-state index contributed by atoms with van der Waals surface area (Å²) in [7, 11) is 0. The van der Waals surface area contributed by atoms with Crippen molar-refractivity contribution in [3.63, 3.8) is 0 Å². The molecule has 0 spiro atoms. The summed E-state index contributed by atoms with van der Waals surface area (Å²) in [4.78, 5) is 12.7. The number of amides is 1.